The highest BCUT2D eigenvalue weighted by molar-refractivity contribution is 7.91. The van der Waals surface area contributed by atoms with Crippen LogP contribution < -0.4 is 10.5 Å². The Balaban J connectivity index is 2.57. The molecule has 0 aromatic carbocycles. The van der Waals surface area contributed by atoms with E-state index in [1.807, 2.05) is 13.8 Å². The molecule has 0 aliphatic rings. The third-order valence-electron chi connectivity index (χ3n) is 2.41. The van der Waals surface area contributed by atoms with Crippen molar-refractivity contribution in [1.82, 2.24) is 4.72 Å². The Morgan fingerprint density at radius 2 is 2.22 bits per heavy atom. The van der Waals surface area contributed by atoms with Gasteiger partial charge in [-0.1, -0.05) is 0 Å². The van der Waals surface area contributed by atoms with Crippen LogP contribution in [0.4, 0.5) is 0 Å². The van der Waals surface area contributed by atoms with E-state index in [0.717, 1.165) is 10.4 Å². The fourth-order valence-corrected chi connectivity index (χ4v) is 4.01. The normalized spacial score (nSPS) is 11.9. The number of rotatable bonds is 8. The second kappa shape index (κ2) is 7.20. The number of thiophene rings is 1. The standard InChI is InChI=1S/C11H20N2O3S2/c1-3-16-6-4-5-13-18(14,15)11-7-9(2)10(8-12)17-11/h7,13H,3-6,8,12H2,1-2H3. The van der Waals surface area contributed by atoms with E-state index in [1.54, 1.807) is 6.07 Å². The highest BCUT2D eigenvalue weighted by Crippen LogP contribution is 2.25. The predicted octanol–water partition coefficient (Wildman–Crippen LogP) is 1.22. The van der Waals surface area contributed by atoms with Crippen LogP contribution in [0.5, 0.6) is 0 Å². The molecule has 0 radical (unpaired) electrons. The van der Waals surface area contributed by atoms with Crippen LogP contribution >= 0.6 is 11.3 Å². The molecule has 5 nitrogen and oxygen atoms in total. The third kappa shape index (κ3) is 4.33. The molecule has 18 heavy (non-hydrogen) atoms. The van der Waals surface area contributed by atoms with E-state index < -0.39 is 10.0 Å². The Morgan fingerprint density at radius 3 is 2.78 bits per heavy atom. The average molecular weight is 292 g/mol. The van der Waals surface area contributed by atoms with Gasteiger partial charge in [-0.2, -0.15) is 0 Å². The third-order valence-corrected chi connectivity index (χ3v) is 5.60. The Kier molecular flexibility index (Phi) is 6.24. The topological polar surface area (TPSA) is 81.4 Å². The van der Waals surface area contributed by atoms with Crippen molar-refractivity contribution in [2.75, 3.05) is 19.8 Å². The first-order chi connectivity index (χ1) is 8.51. The summed E-state index contributed by atoms with van der Waals surface area (Å²) in [7, 11) is -3.40. The van der Waals surface area contributed by atoms with Crippen LogP contribution in [0.25, 0.3) is 0 Å². The Hall–Kier alpha value is -0.470. The van der Waals surface area contributed by atoms with E-state index in [0.29, 0.717) is 36.9 Å². The Labute approximate surface area is 112 Å². The van der Waals surface area contributed by atoms with E-state index in [9.17, 15) is 8.42 Å². The van der Waals surface area contributed by atoms with Crippen molar-refractivity contribution in [3.63, 3.8) is 0 Å². The first-order valence-electron chi connectivity index (χ1n) is 5.88. The van der Waals surface area contributed by atoms with Crippen molar-refractivity contribution in [2.24, 2.45) is 5.73 Å². The van der Waals surface area contributed by atoms with Gasteiger partial charge in [0.2, 0.25) is 10.0 Å². The van der Waals surface area contributed by atoms with Gasteiger partial charge >= 0.3 is 0 Å². The maximum absolute atomic E-state index is 12.0. The summed E-state index contributed by atoms with van der Waals surface area (Å²) in [6, 6.07) is 1.66. The number of ether oxygens (including phenoxy) is 1. The largest absolute Gasteiger partial charge is 0.382 e. The zero-order valence-electron chi connectivity index (χ0n) is 10.7. The second-order valence-electron chi connectivity index (χ2n) is 3.82. The minimum atomic E-state index is -3.40. The summed E-state index contributed by atoms with van der Waals surface area (Å²) in [4.78, 5) is 0.907. The van der Waals surface area contributed by atoms with Crippen LogP contribution in [0.3, 0.4) is 0 Å². The maximum atomic E-state index is 12.0. The summed E-state index contributed by atoms with van der Waals surface area (Å²) in [5.41, 5.74) is 6.47. The molecule has 1 heterocycles. The molecule has 0 saturated carbocycles. The van der Waals surface area contributed by atoms with E-state index in [4.69, 9.17) is 10.5 Å². The molecule has 0 bridgehead atoms. The smallest absolute Gasteiger partial charge is 0.250 e. The molecule has 0 fully saturated rings. The van der Waals surface area contributed by atoms with Gasteiger partial charge < -0.3 is 10.5 Å². The molecule has 0 saturated heterocycles. The van der Waals surface area contributed by atoms with Crippen LogP contribution in [0.1, 0.15) is 23.8 Å². The van der Waals surface area contributed by atoms with Gasteiger partial charge in [0, 0.05) is 31.2 Å². The number of hydrogen-bond acceptors (Lipinski definition) is 5. The molecule has 1 aromatic rings. The molecule has 0 amide bonds. The second-order valence-corrected chi connectivity index (χ2v) is 6.95. The fourth-order valence-electron chi connectivity index (χ4n) is 1.42. The van der Waals surface area contributed by atoms with Gasteiger partial charge in [-0.05, 0) is 31.9 Å². The zero-order valence-corrected chi connectivity index (χ0v) is 12.4. The minimum absolute atomic E-state index is 0.330. The highest BCUT2D eigenvalue weighted by atomic mass is 32.2. The average Bonchev–Trinajstić information content (AvgIpc) is 2.71. The molecule has 0 atom stereocenters. The molecule has 7 heteroatoms. The van der Waals surface area contributed by atoms with E-state index in [2.05, 4.69) is 4.72 Å². The van der Waals surface area contributed by atoms with Gasteiger partial charge in [0.15, 0.2) is 0 Å². The van der Waals surface area contributed by atoms with Crippen molar-refractivity contribution in [2.45, 2.75) is 31.0 Å². The van der Waals surface area contributed by atoms with Crippen molar-refractivity contribution < 1.29 is 13.2 Å². The molecule has 3 N–H and O–H groups in total. The lowest BCUT2D eigenvalue weighted by molar-refractivity contribution is 0.146. The lowest BCUT2D eigenvalue weighted by atomic mass is 10.3. The Bertz CT molecular complexity index is 469. The first-order valence-corrected chi connectivity index (χ1v) is 8.18. The van der Waals surface area contributed by atoms with Gasteiger partial charge in [-0.25, -0.2) is 13.1 Å². The van der Waals surface area contributed by atoms with Gasteiger partial charge in [0.25, 0.3) is 0 Å². The molecule has 0 aliphatic heterocycles. The number of aryl methyl sites for hydroxylation is 1. The summed E-state index contributed by atoms with van der Waals surface area (Å²) in [5.74, 6) is 0. The molecular weight excluding hydrogens is 272 g/mol. The van der Waals surface area contributed by atoms with Crippen LogP contribution in [-0.2, 0) is 21.3 Å². The molecule has 104 valence electrons. The van der Waals surface area contributed by atoms with Crippen LogP contribution in [-0.4, -0.2) is 28.2 Å². The summed E-state index contributed by atoms with van der Waals surface area (Å²) in [6.07, 6.45) is 0.668. The van der Waals surface area contributed by atoms with Crippen molar-refractivity contribution >= 4 is 21.4 Å². The highest BCUT2D eigenvalue weighted by Gasteiger charge is 2.17. The fraction of sp³-hybridized carbons (Fsp3) is 0.636. The van der Waals surface area contributed by atoms with Crippen LogP contribution in [0.15, 0.2) is 10.3 Å². The molecule has 0 unspecified atom stereocenters. The van der Waals surface area contributed by atoms with Gasteiger partial charge in [0.05, 0.1) is 0 Å². The SMILES string of the molecule is CCOCCCNS(=O)(=O)c1cc(C)c(CN)s1. The first kappa shape index (κ1) is 15.6. The molecule has 0 aliphatic carbocycles. The summed E-state index contributed by atoms with van der Waals surface area (Å²) >= 11 is 1.23. The van der Waals surface area contributed by atoms with Gasteiger partial charge in [0.1, 0.15) is 4.21 Å². The molecule has 1 aromatic heterocycles. The van der Waals surface area contributed by atoms with E-state index >= 15 is 0 Å². The molecule has 0 spiro atoms. The summed E-state index contributed by atoms with van der Waals surface area (Å²) < 4.78 is 32.0. The van der Waals surface area contributed by atoms with E-state index in [-0.39, 0.29) is 0 Å². The summed E-state index contributed by atoms with van der Waals surface area (Å²) in [5, 5.41) is 0. The van der Waals surface area contributed by atoms with Crippen LogP contribution in [0, 0.1) is 6.92 Å². The van der Waals surface area contributed by atoms with Crippen molar-refractivity contribution in [3.8, 4) is 0 Å². The van der Waals surface area contributed by atoms with Crippen molar-refractivity contribution in [3.05, 3.63) is 16.5 Å². The van der Waals surface area contributed by atoms with Crippen LogP contribution in [0.2, 0.25) is 0 Å². The number of sulfonamides is 1. The monoisotopic (exact) mass is 292 g/mol. The maximum Gasteiger partial charge on any atom is 0.250 e. The quantitative estimate of drug-likeness (QED) is 0.706. The molecular formula is C11H20N2O3S2. The number of hydrogen-bond donors (Lipinski definition) is 2. The number of nitrogens with one attached hydrogen (secondary N) is 1. The lowest BCUT2D eigenvalue weighted by Crippen LogP contribution is -2.24. The summed E-state index contributed by atoms with van der Waals surface area (Å²) in [6.45, 7) is 5.75. The number of nitrogens with two attached hydrogens (primary N) is 1. The lowest BCUT2D eigenvalue weighted by Gasteiger charge is -2.04. The minimum Gasteiger partial charge on any atom is -0.382 e. The van der Waals surface area contributed by atoms with Gasteiger partial charge in [-0.3, -0.25) is 0 Å². The van der Waals surface area contributed by atoms with E-state index in [1.165, 1.54) is 11.3 Å². The predicted molar refractivity (Wildman–Crippen MR) is 73.2 cm³/mol. The van der Waals surface area contributed by atoms with Crippen molar-refractivity contribution in [1.29, 1.82) is 0 Å². The molecule has 1 rings (SSSR count). The zero-order chi connectivity index (χ0) is 13.6. The van der Waals surface area contributed by atoms with Gasteiger partial charge in [-0.15, -0.1) is 11.3 Å². The Morgan fingerprint density at radius 1 is 1.50 bits per heavy atom.